The summed E-state index contributed by atoms with van der Waals surface area (Å²) >= 11 is 0. The van der Waals surface area contributed by atoms with Gasteiger partial charge in [0.2, 0.25) is 0 Å². The molecule has 0 bridgehead atoms. The molecule has 21 heavy (non-hydrogen) atoms. The van der Waals surface area contributed by atoms with Crippen molar-refractivity contribution in [3.05, 3.63) is 35.9 Å². The average molecular weight is 312 g/mol. The third-order valence-corrected chi connectivity index (χ3v) is 5.12. The first-order valence-electron chi connectivity index (χ1n) is 6.99. The van der Waals surface area contributed by atoms with Gasteiger partial charge >= 0.3 is 5.97 Å². The van der Waals surface area contributed by atoms with Gasteiger partial charge < -0.3 is 5.11 Å². The summed E-state index contributed by atoms with van der Waals surface area (Å²) < 4.78 is 28.3. The molecule has 1 fully saturated rings. The Morgan fingerprint density at radius 1 is 1.38 bits per heavy atom. The fraction of sp³-hybridized carbons (Fsp3) is 0.500. The maximum atomic E-state index is 12.4. The summed E-state index contributed by atoms with van der Waals surface area (Å²) in [6.07, 6.45) is 2.07. The molecule has 1 atom stereocenters. The smallest absolute Gasteiger partial charge is 0.326 e. The highest BCUT2D eigenvalue weighted by atomic mass is 32.2. The molecule has 116 valence electrons. The Kier molecular flexibility index (Phi) is 4.97. The van der Waals surface area contributed by atoms with Gasteiger partial charge in [-0.15, -0.1) is 0 Å². The van der Waals surface area contributed by atoms with Gasteiger partial charge in [-0.1, -0.05) is 37.3 Å². The summed E-state index contributed by atoms with van der Waals surface area (Å²) in [4.78, 5) is 11.4. The summed E-state index contributed by atoms with van der Waals surface area (Å²) in [5.41, 5.74) is 0.413. The second kappa shape index (κ2) is 6.55. The SMILES string of the molecule is CCN(CC1CC1)S(=O)(=O)N[C@@H](C(=O)O)c1ccccc1. The van der Waals surface area contributed by atoms with E-state index in [4.69, 9.17) is 0 Å². The lowest BCUT2D eigenvalue weighted by Crippen LogP contribution is -2.45. The Balaban J connectivity index is 2.16. The van der Waals surface area contributed by atoms with E-state index in [0.29, 0.717) is 24.6 Å². The minimum absolute atomic E-state index is 0.326. The predicted octanol–water partition coefficient (Wildman–Crippen LogP) is 1.38. The lowest BCUT2D eigenvalue weighted by Gasteiger charge is -2.23. The zero-order chi connectivity index (χ0) is 15.5. The van der Waals surface area contributed by atoms with Gasteiger partial charge in [0.15, 0.2) is 0 Å². The maximum absolute atomic E-state index is 12.4. The van der Waals surface area contributed by atoms with Crippen LogP contribution >= 0.6 is 0 Å². The number of carboxylic acid groups (broad SMARTS) is 1. The van der Waals surface area contributed by atoms with Crippen LogP contribution in [0.15, 0.2) is 30.3 Å². The van der Waals surface area contributed by atoms with Crippen molar-refractivity contribution in [3.8, 4) is 0 Å². The molecule has 6 nitrogen and oxygen atoms in total. The number of benzene rings is 1. The number of hydrogen-bond acceptors (Lipinski definition) is 3. The van der Waals surface area contributed by atoms with Crippen LogP contribution in [-0.2, 0) is 15.0 Å². The minimum Gasteiger partial charge on any atom is -0.480 e. The van der Waals surface area contributed by atoms with Crippen molar-refractivity contribution < 1.29 is 18.3 Å². The lowest BCUT2D eigenvalue weighted by molar-refractivity contribution is -0.139. The molecule has 0 heterocycles. The van der Waals surface area contributed by atoms with Crippen LogP contribution in [0.5, 0.6) is 0 Å². The molecule has 1 aliphatic carbocycles. The quantitative estimate of drug-likeness (QED) is 0.759. The van der Waals surface area contributed by atoms with Crippen molar-refractivity contribution in [1.82, 2.24) is 9.03 Å². The van der Waals surface area contributed by atoms with Gasteiger partial charge in [0.25, 0.3) is 10.2 Å². The molecule has 0 saturated heterocycles. The maximum Gasteiger partial charge on any atom is 0.326 e. The normalized spacial score (nSPS) is 16.9. The van der Waals surface area contributed by atoms with Crippen molar-refractivity contribution in [3.63, 3.8) is 0 Å². The number of carboxylic acids is 1. The van der Waals surface area contributed by atoms with Gasteiger partial charge in [-0.2, -0.15) is 17.4 Å². The molecule has 1 aromatic rings. The van der Waals surface area contributed by atoms with E-state index < -0.39 is 22.2 Å². The standard InChI is InChI=1S/C14H20N2O4S/c1-2-16(10-11-8-9-11)21(19,20)15-13(14(17)18)12-6-4-3-5-7-12/h3-7,11,13,15H,2,8-10H2,1H3,(H,17,18)/t13-/m1/s1. The van der Waals surface area contributed by atoms with Crippen molar-refractivity contribution in [2.75, 3.05) is 13.1 Å². The van der Waals surface area contributed by atoms with Crippen LogP contribution in [0.25, 0.3) is 0 Å². The molecule has 2 N–H and O–H groups in total. The van der Waals surface area contributed by atoms with Crippen molar-refractivity contribution in [2.24, 2.45) is 5.92 Å². The lowest BCUT2D eigenvalue weighted by atomic mass is 10.1. The summed E-state index contributed by atoms with van der Waals surface area (Å²) in [5.74, 6) is -0.811. The van der Waals surface area contributed by atoms with E-state index >= 15 is 0 Å². The molecule has 0 amide bonds. The van der Waals surface area contributed by atoms with Gasteiger partial charge in [-0.3, -0.25) is 4.79 Å². The molecule has 0 aliphatic heterocycles. The molecular formula is C14H20N2O4S. The summed E-state index contributed by atoms with van der Waals surface area (Å²) in [6.45, 7) is 2.53. The van der Waals surface area contributed by atoms with E-state index in [1.54, 1.807) is 37.3 Å². The van der Waals surface area contributed by atoms with Gasteiger partial charge in [-0.25, -0.2) is 0 Å². The van der Waals surface area contributed by atoms with E-state index in [1.165, 1.54) is 4.31 Å². The Bertz CT molecular complexity index is 584. The van der Waals surface area contributed by atoms with Crippen LogP contribution < -0.4 is 4.72 Å². The Morgan fingerprint density at radius 3 is 2.48 bits per heavy atom. The first-order chi connectivity index (χ1) is 9.94. The highest BCUT2D eigenvalue weighted by Crippen LogP contribution is 2.30. The second-order valence-corrected chi connectivity index (χ2v) is 6.90. The zero-order valence-electron chi connectivity index (χ0n) is 11.9. The Labute approximate surface area is 125 Å². The fourth-order valence-electron chi connectivity index (χ4n) is 2.12. The summed E-state index contributed by atoms with van der Waals surface area (Å²) in [7, 11) is -3.82. The first kappa shape index (κ1) is 15.9. The van der Waals surface area contributed by atoms with Crippen molar-refractivity contribution >= 4 is 16.2 Å². The van der Waals surface area contributed by atoms with Crippen LogP contribution in [-0.4, -0.2) is 36.9 Å². The zero-order valence-corrected chi connectivity index (χ0v) is 12.7. The van der Waals surface area contributed by atoms with Gasteiger partial charge in [0.05, 0.1) is 0 Å². The van der Waals surface area contributed by atoms with Crippen molar-refractivity contribution in [2.45, 2.75) is 25.8 Å². The first-order valence-corrected chi connectivity index (χ1v) is 8.43. The van der Waals surface area contributed by atoms with Crippen LogP contribution in [0.4, 0.5) is 0 Å². The molecule has 7 heteroatoms. The largest absolute Gasteiger partial charge is 0.480 e. The molecule has 1 aromatic carbocycles. The topological polar surface area (TPSA) is 86.7 Å². The second-order valence-electron chi connectivity index (χ2n) is 5.20. The molecule has 0 radical (unpaired) electrons. The highest BCUT2D eigenvalue weighted by Gasteiger charge is 2.33. The summed E-state index contributed by atoms with van der Waals surface area (Å²) in [5, 5.41) is 9.29. The van der Waals surface area contributed by atoms with Gasteiger partial charge in [0.1, 0.15) is 6.04 Å². The number of nitrogens with zero attached hydrogens (tertiary/aromatic N) is 1. The molecule has 0 unspecified atom stereocenters. The van der Waals surface area contributed by atoms with Crippen LogP contribution in [0.2, 0.25) is 0 Å². The summed E-state index contributed by atoms with van der Waals surface area (Å²) in [6, 6.07) is 7.03. The number of rotatable bonds is 8. The molecule has 0 aromatic heterocycles. The highest BCUT2D eigenvalue weighted by molar-refractivity contribution is 7.87. The molecule has 2 rings (SSSR count). The molecule has 1 saturated carbocycles. The Hall–Kier alpha value is -1.44. The number of nitrogens with one attached hydrogen (secondary N) is 1. The monoisotopic (exact) mass is 312 g/mol. The van der Waals surface area contributed by atoms with Crippen LogP contribution in [0, 0.1) is 5.92 Å². The fourth-order valence-corrected chi connectivity index (χ4v) is 3.55. The number of aliphatic carboxylic acids is 1. The third kappa shape index (κ3) is 4.26. The Morgan fingerprint density at radius 2 is 2.00 bits per heavy atom. The molecule has 0 spiro atoms. The average Bonchev–Trinajstić information content (AvgIpc) is 3.26. The number of hydrogen-bond donors (Lipinski definition) is 2. The number of carbonyl (C=O) groups is 1. The molecule has 1 aliphatic rings. The third-order valence-electron chi connectivity index (χ3n) is 3.50. The van der Waals surface area contributed by atoms with Gasteiger partial charge in [-0.05, 0) is 24.3 Å². The van der Waals surface area contributed by atoms with Crippen molar-refractivity contribution in [1.29, 1.82) is 0 Å². The minimum atomic E-state index is -3.82. The predicted molar refractivity (Wildman–Crippen MR) is 78.8 cm³/mol. The van der Waals surface area contributed by atoms with E-state index in [9.17, 15) is 18.3 Å². The van der Waals surface area contributed by atoms with Crippen LogP contribution in [0.3, 0.4) is 0 Å². The van der Waals surface area contributed by atoms with E-state index in [-0.39, 0.29) is 0 Å². The van der Waals surface area contributed by atoms with Crippen LogP contribution in [0.1, 0.15) is 31.4 Å². The van der Waals surface area contributed by atoms with Gasteiger partial charge in [0, 0.05) is 13.1 Å². The van der Waals surface area contributed by atoms with E-state index in [2.05, 4.69) is 4.72 Å². The van der Waals surface area contributed by atoms with E-state index in [0.717, 1.165) is 12.8 Å². The molecular weight excluding hydrogens is 292 g/mol. The van der Waals surface area contributed by atoms with E-state index in [1.807, 2.05) is 0 Å².